The lowest BCUT2D eigenvalue weighted by Gasteiger charge is -2.05. The molecule has 0 fully saturated rings. The SMILES string of the molecule is Nc1ccc(Sc2ccc(-c3cccs3)nc2)cc1N. The summed E-state index contributed by atoms with van der Waals surface area (Å²) in [5, 5.41) is 2.05. The summed E-state index contributed by atoms with van der Waals surface area (Å²) in [5.74, 6) is 0. The first-order valence-electron chi connectivity index (χ1n) is 6.05. The molecular weight excluding hydrogens is 286 g/mol. The molecule has 4 N–H and O–H groups in total. The third-order valence-corrected chi connectivity index (χ3v) is 4.66. The first-order valence-corrected chi connectivity index (χ1v) is 7.75. The highest BCUT2D eigenvalue weighted by atomic mass is 32.2. The molecule has 3 aromatic rings. The molecule has 0 amide bonds. The number of nitrogen functional groups attached to an aromatic ring is 2. The molecule has 0 unspecified atom stereocenters. The van der Waals surface area contributed by atoms with Crippen molar-refractivity contribution in [1.29, 1.82) is 0 Å². The van der Waals surface area contributed by atoms with Crippen LogP contribution < -0.4 is 11.5 Å². The van der Waals surface area contributed by atoms with Crippen LogP contribution in [-0.2, 0) is 0 Å². The highest BCUT2D eigenvalue weighted by Crippen LogP contribution is 2.31. The second kappa shape index (κ2) is 5.56. The zero-order valence-electron chi connectivity index (χ0n) is 10.6. The van der Waals surface area contributed by atoms with Crippen LogP contribution in [-0.4, -0.2) is 4.98 Å². The van der Waals surface area contributed by atoms with Gasteiger partial charge in [0, 0.05) is 16.0 Å². The van der Waals surface area contributed by atoms with Crippen LogP contribution in [0.5, 0.6) is 0 Å². The molecule has 3 rings (SSSR count). The summed E-state index contributed by atoms with van der Waals surface area (Å²) >= 11 is 3.31. The van der Waals surface area contributed by atoms with Gasteiger partial charge in [-0.05, 0) is 41.8 Å². The minimum absolute atomic E-state index is 0.609. The Labute approximate surface area is 125 Å². The fraction of sp³-hybridized carbons (Fsp3) is 0. The van der Waals surface area contributed by atoms with Crippen LogP contribution >= 0.6 is 23.1 Å². The molecular formula is C15H13N3S2. The van der Waals surface area contributed by atoms with Crippen molar-refractivity contribution in [3.05, 3.63) is 54.0 Å². The highest BCUT2D eigenvalue weighted by molar-refractivity contribution is 7.99. The minimum Gasteiger partial charge on any atom is -0.397 e. The molecule has 0 atom stereocenters. The monoisotopic (exact) mass is 299 g/mol. The number of thiophene rings is 1. The molecule has 0 aliphatic carbocycles. The predicted octanol–water partition coefficient (Wildman–Crippen LogP) is 4.13. The molecule has 0 aliphatic heterocycles. The maximum atomic E-state index is 5.81. The van der Waals surface area contributed by atoms with E-state index in [4.69, 9.17) is 11.5 Å². The quantitative estimate of drug-likeness (QED) is 0.714. The molecule has 0 spiro atoms. The number of hydrogen-bond acceptors (Lipinski definition) is 5. The van der Waals surface area contributed by atoms with Gasteiger partial charge in [0.1, 0.15) is 0 Å². The Bertz CT molecular complexity index is 706. The third kappa shape index (κ3) is 2.79. The van der Waals surface area contributed by atoms with E-state index >= 15 is 0 Å². The molecule has 0 saturated carbocycles. The highest BCUT2D eigenvalue weighted by Gasteiger charge is 2.03. The van der Waals surface area contributed by atoms with Gasteiger partial charge in [-0.15, -0.1) is 11.3 Å². The van der Waals surface area contributed by atoms with Crippen molar-refractivity contribution in [3.8, 4) is 10.6 Å². The first-order chi connectivity index (χ1) is 9.72. The molecule has 0 aliphatic rings. The number of nitrogens with zero attached hydrogens (tertiary/aromatic N) is 1. The van der Waals surface area contributed by atoms with Gasteiger partial charge in [-0.1, -0.05) is 17.8 Å². The Kier molecular flexibility index (Phi) is 3.62. The van der Waals surface area contributed by atoms with Gasteiger partial charge in [-0.3, -0.25) is 4.98 Å². The molecule has 20 heavy (non-hydrogen) atoms. The lowest BCUT2D eigenvalue weighted by molar-refractivity contribution is 1.24. The van der Waals surface area contributed by atoms with Crippen LogP contribution in [0.15, 0.2) is 63.8 Å². The van der Waals surface area contributed by atoms with Gasteiger partial charge in [-0.2, -0.15) is 0 Å². The summed E-state index contributed by atoms with van der Waals surface area (Å²) in [4.78, 5) is 7.81. The lowest BCUT2D eigenvalue weighted by atomic mass is 10.3. The number of aromatic nitrogens is 1. The van der Waals surface area contributed by atoms with Crippen molar-refractivity contribution in [1.82, 2.24) is 4.98 Å². The van der Waals surface area contributed by atoms with Crippen LogP contribution in [0.3, 0.4) is 0 Å². The van der Waals surface area contributed by atoms with Gasteiger partial charge in [0.05, 0.1) is 21.9 Å². The van der Waals surface area contributed by atoms with E-state index in [2.05, 4.69) is 22.5 Å². The molecule has 1 aromatic carbocycles. The zero-order valence-corrected chi connectivity index (χ0v) is 12.2. The van der Waals surface area contributed by atoms with E-state index in [1.54, 1.807) is 23.1 Å². The Morgan fingerprint density at radius 1 is 0.950 bits per heavy atom. The van der Waals surface area contributed by atoms with Crippen molar-refractivity contribution in [2.75, 3.05) is 11.5 Å². The topological polar surface area (TPSA) is 64.9 Å². The van der Waals surface area contributed by atoms with Crippen LogP contribution in [0.4, 0.5) is 11.4 Å². The van der Waals surface area contributed by atoms with Crippen LogP contribution in [0.25, 0.3) is 10.6 Å². The van der Waals surface area contributed by atoms with Gasteiger partial charge in [0.15, 0.2) is 0 Å². The number of hydrogen-bond donors (Lipinski definition) is 2. The molecule has 0 saturated heterocycles. The number of benzene rings is 1. The second-order valence-electron chi connectivity index (χ2n) is 4.25. The summed E-state index contributed by atoms with van der Waals surface area (Å²) < 4.78 is 0. The average molecular weight is 299 g/mol. The van der Waals surface area contributed by atoms with Crippen molar-refractivity contribution in [3.63, 3.8) is 0 Å². The summed E-state index contributed by atoms with van der Waals surface area (Å²) in [5.41, 5.74) is 13.7. The summed E-state index contributed by atoms with van der Waals surface area (Å²) in [6.07, 6.45) is 1.88. The van der Waals surface area contributed by atoms with Gasteiger partial charge < -0.3 is 11.5 Å². The summed E-state index contributed by atoms with van der Waals surface area (Å²) in [6, 6.07) is 13.9. The number of anilines is 2. The van der Waals surface area contributed by atoms with E-state index < -0.39 is 0 Å². The number of nitrogens with two attached hydrogens (primary N) is 2. The smallest absolute Gasteiger partial charge is 0.0802 e. The largest absolute Gasteiger partial charge is 0.397 e. The Morgan fingerprint density at radius 3 is 2.45 bits per heavy atom. The summed E-state index contributed by atoms with van der Waals surface area (Å²) in [6.45, 7) is 0. The van der Waals surface area contributed by atoms with Gasteiger partial charge >= 0.3 is 0 Å². The van der Waals surface area contributed by atoms with Crippen molar-refractivity contribution in [2.45, 2.75) is 9.79 Å². The van der Waals surface area contributed by atoms with Crippen LogP contribution in [0, 0.1) is 0 Å². The van der Waals surface area contributed by atoms with Crippen LogP contribution in [0.2, 0.25) is 0 Å². The van der Waals surface area contributed by atoms with Crippen molar-refractivity contribution >= 4 is 34.5 Å². The Balaban J connectivity index is 1.79. The maximum absolute atomic E-state index is 5.81. The Morgan fingerprint density at radius 2 is 1.80 bits per heavy atom. The molecule has 100 valence electrons. The fourth-order valence-corrected chi connectivity index (χ4v) is 3.30. The molecule has 2 aromatic heterocycles. The normalized spacial score (nSPS) is 10.6. The lowest BCUT2D eigenvalue weighted by Crippen LogP contribution is -1.93. The Hall–Kier alpha value is -1.98. The average Bonchev–Trinajstić information content (AvgIpc) is 2.98. The first kappa shape index (κ1) is 13.0. The standard InChI is InChI=1S/C15H13N3S2/c16-12-5-3-10(8-13(12)17)20-11-4-6-14(18-9-11)15-2-1-7-19-15/h1-9H,16-17H2. The maximum Gasteiger partial charge on any atom is 0.0802 e. The molecule has 5 heteroatoms. The van der Waals surface area contributed by atoms with E-state index in [9.17, 15) is 0 Å². The van der Waals surface area contributed by atoms with E-state index in [0.717, 1.165) is 15.5 Å². The molecule has 0 bridgehead atoms. The molecule has 2 heterocycles. The number of rotatable bonds is 3. The van der Waals surface area contributed by atoms with E-state index in [1.807, 2.05) is 36.5 Å². The third-order valence-electron chi connectivity index (χ3n) is 2.80. The molecule has 3 nitrogen and oxygen atoms in total. The van der Waals surface area contributed by atoms with Crippen LogP contribution in [0.1, 0.15) is 0 Å². The van der Waals surface area contributed by atoms with Gasteiger partial charge in [0.25, 0.3) is 0 Å². The fourth-order valence-electron chi connectivity index (χ4n) is 1.76. The number of pyridine rings is 1. The zero-order chi connectivity index (χ0) is 13.9. The van der Waals surface area contributed by atoms with Crippen molar-refractivity contribution < 1.29 is 0 Å². The van der Waals surface area contributed by atoms with E-state index in [-0.39, 0.29) is 0 Å². The van der Waals surface area contributed by atoms with Crippen molar-refractivity contribution in [2.24, 2.45) is 0 Å². The molecule has 0 radical (unpaired) electrons. The van der Waals surface area contributed by atoms with Gasteiger partial charge in [0.2, 0.25) is 0 Å². The minimum atomic E-state index is 0.609. The predicted molar refractivity (Wildman–Crippen MR) is 86.9 cm³/mol. The van der Waals surface area contributed by atoms with E-state index in [0.29, 0.717) is 11.4 Å². The summed E-state index contributed by atoms with van der Waals surface area (Å²) in [7, 11) is 0. The van der Waals surface area contributed by atoms with Gasteiger partial charge in [-0.25, -0.2) is 0 Å². The van der Waals surface area contributed by atoms with E-state index in [1.165, 1.54) is 4.88 Å². The second-order valence-corrected chi connectivity index (χ2v) is 6.34.